The maximum Gasteiger partial charge on any atom is 0.223 e. The summed E-state index contributed by atoms with van der Waals surface area (Å²) in [7, 11) is 0. The van der Waals surface area contributed by atoms with E-state index in [0.717, 1.165) is 67.3 Å². The van der Waals surface area contributed by atoms with Crippen molar-refractivity contribution in [1.29, 1.82) is 0 Å². The molecule has 2 aliphatic rings. The van der Waals surface area contributed by atoms with Crippen LogP contribution in [0, 0.1) is 20.8 Å². The quantitative estimate of drug-likeness (QED) is 0.473. The molecular formula is C32H39N3O2. The summed E-state index contributed by atoms with van der Waals surface area (Å²) in [5, 5.41) is 0. The van der Waals surface area contributed by atoms with Gasteiger partial charge >= 0.3 is 0 Å². The molecule has 3 aromatic carbocycles. The summed E-state index contributed by atoms with van der Waals surface area (Å²) in [6, 6.07) is 20.8. The van der Waals surface area contributed by atoms with Gasteiger partial charge in [0.25, 0.3) is 0 Å². The Balaban J connectivity index is 1.21. The molecule has 5 heteroatoms. The van der Waals surface area contributed by atoms with Crippen molar-refractivity contribution >= 4 is 11.6 Å². The highest BCUT2D eigenvalue weighted by Gasteiger charge is 2.40. The molecule has 0 radical (unpaired) electrons. The summed E-state index contributed by atoms with van der Waals surface area (Å²) in [4.78, 5) is 17.9. The lowest BCUT2D eigenvalue weighted by Crippen LogP contribution is -2.53. The smallest absolute Gasteiger partial charge is 0.223 e. The van der Waals surface area contributed by atoms with Crippen molar-refractivity contribution < 1.29 is 9.53 Å². The van der Waals surface area contributed by atoms with Gasteiger partial charge in [0.1, 0.15) is 11.4 Å². The molecule has 0 aliphatic carbocycles. The number of nitrogen functional groups attached to an aromatic ring is 1. The first-order chi connectivity index (χ1) is 17.8. The van der Waals surface area contributed by atoms with Gasteiger partial charge in [-0.3, -0.25) is 9.69 Å². The zero-order valence-corrected chi connectivity index (χ0v) is 22.6. The van der Waals surface area contributed by atoms with Crippen molar-refractivity contribution in [2.75, 3.05) is 38.5 Å². The topological polar surface area (TPSA) is 58.8 Å². The molecule has 37 heavy (non-hydrogen) atoms. The summed E-state index contributed by atoms with van der Waals surface area (Å²) < 4.78 is 6.59. The highest BCUT2D eigenvalue weighted by Crippen LogP contribution is 2.44. The van der Waals surface area contributed by atoms with Crippen LogP contribution in [-0.4, -0.2) is 54.0 Å². The van der Waals surface area contributed by atoms with Gasteiger partial charge in [-0.05, 0) is 55.5 Å². The zero-order valence-electron chi connectivity index (χ0n) is 22.6. The molecule has 2 N–H and O–H groups in total. The Morgan fingerprint density at radius 1 is 0.892 bits per heavy atom. The summed E-state index contributed by atoms with van der Waals surface area (Å²) in [5.41, 5.74) is 14.0. The second-order valence-corrected chi connectivity index (χ2v) is 11.1. The van der Waals surface area contributed by atoms with Crippen LogP contribution in [0.4, 0.5) is 5.69 Å². The molecule has 0 spiro atoms. The molecular weight excluding hydrogens is 458 g/mol. The van der Waals surface area contributed by atoms with Crippen LogP contribution >= 0.6 is 0 Å². The van der Waals surface area contributed by atoms with E-state index in [1.54, 1.807) is 0 Å². The van der Waals surface area contributed by atoms with E-state index >= 15 is 0 Å². The summed E-state index contributed by atoms with van der Waals surface area (Å²) >= 11 is 0. The van der Waals surface area contributed by atoms with E-state index in [9.17, 15) is 4.79 Å². The Hall–Kier alpha value is -3.31. The maximum atomic E-state index is 13.4. The first-order valence-corrected chi connectivity index (χ1v) is 13.4. The number of carbonyl (C=O) groups excluding carboxylic acids is 1. The van der Waals surface area contributed by atoms with E-state index in [1.807, 2.05) is 17.0 Å². The number of piperazine rings is 1. The van der Waals surface area contributed by atoms with Crippen LogP contribution in [0.1, 0.15) is 52.6 Å². The van der Waals surface area contributed by atoms with E-state index in [1.165, 1.54) is 16.7 Å². The van der Waals surface area contributed by atoms with Crippen LogP contribution in [0.15, 0.2) is 60.7 Å². The zero-order chi connectivity index (χ0) is 26.2. The number of benzene rings is 3. The minimum absolute atomic E-state index is 0.0691. The Morgan fingerprint density at radius 3 is 2.03 bits per heavy atom. The van der Waals surface area contributed by atoms with E-state index in [2.05, 4.69) is 81.1 Å². The molecule has 2 aliphatic heterocycles. The van der Waals surface area contributed by atoms with E-state index in [4.69, 9.17) is 10.5 Å². The SMILES string of the molecule is Cc1c(C)c2c(c(C)c1N)CC(C)(CN1CCN(C(=O)CC(c3ccccc3)c3ccccc3)CC1)O2. The third-order valence-corrected chi connectivity index (χ3v) is 8.40. The second-order valence-electron chi connectivity index (χ2n) is 11.1. The standard InChI is InChI=1S/C32H39N3O2/c1-22-23(2)31-28(24(3)30(22)33)20-32(4,37-31)21-34-15-17-35(18-16-34)29(36)19-27(25-11-7-5-8-12-25)26-13-9-6-10-14-26/h5-14,27H,15-21,33H2,1-4H3. The van der Waals surface area contributed by atoms with Crippen molar-refractivity contribution in [3.63, 3.8) is 0 Å². The summed E-state index contributed by atoms with van der Waals surface area (Å²) in [6.45, 7) is 12.6. The van der Waals surface area contributed by atoms with Crippen LogP contribution in [0.2, 0.25) is 0 Å². The monoisotopic (exact) mass is 497 g/mol. The van der Waals surface area contributed by atoms with Gasteiger partial charge in [0, 0.05) is 62.7 Å². The van der Waals surface area contributed by atoms with Crippen LogP contribution in [0.3, 0.4) is 0 Å². The van der Waals surface area contributed by atoms with Crippen molar-refractivity contribution in [3.8, 4) is 5.75 Å². The van der Waals surface area contributed by atoms with Gasteiger partial charge in [0.05, 0.1) is 0 Å². The Morgan fingerprint density at radius 2 is 1.46 bits per heavy atom. The lowest BCUT2D eigenvalue weighted by Gasteiger charge is -2.39. The lowest BCUT2D eigenvalue weighted by molar-refractivity contribution is -0.133. The normalized spacial score (nSPS) is 19.6. The molecule has 2 heterocycles. The van der Waals surface area contributed by atoms with Crippen molar-refractivity contribution in [3.05, 3.63) is 94.0 Å². The van der Waals surface area contributed by atoms with Gasteiger partial charge in [0.2, 0.25) is 5.91 Å². The number of rotatable bonds is 6. The molecule has 1 fully saturated rings. The molecule has 1 unspecified atom stereocenters. The number of fused-ring (bicyclic) bond motifs is 1. The minimum Gasteiger partial charge on any atom is -0.485 e. The highest BCUT2D eigenvalue weighted by atomic mass is 16.5. The molecule has 3 aromatic rings. The van der Waals surface area contributed by atoms with Crippen LogP contribution in [-0.2, 0) is 11.2 Å². The number of ether oxygens (including phenoxy) is 1. The summed E-state index contributed by atoms with van der Waals surface area (Å²) in [5.74, 6) is 1.32. The van der Waals surface area contributed by atoms with Crippen molar-refractivity contribution in [1.82, 2.24) is 9.80 Å². The number of hydrogen-bond donors (Lipinski definition) is 1. The Bertz CT molecular complexity index is 1190. The molecule has 0 bridgehead atoms. The third-order valence-electron chi connectivity index (χ3n) is 8.40. The number of hydrogen-bond acceptors (Lipinski definition) is 4. The van der Waals surface area contributed by atoms with Crippen molar-refractivity contribution in [2.24, 2.45) is 0 Å². The molecule has 5 nitrogen and oxygen atoms in total. The van der Waals surface area contributed by atoms with Gasteiger partial charge in [-0.1, -0.05) is 60.7 Å². The van der Waals surface area contributed by atoms with E-state index in [-0.39, 0.29) is 17.4 Å². The molecule has 0 saturated carbocycles. The molecule has 5 rings (SSSR count). The van der Waals surface area contributed by atoms with Crippen LogP contribution in [0.5, 0.6) is 5.75 Å². The average Bonchev–Trinajstić information content (AvgIpc) is 3.28. The van der Waals surface area contributed by atoms with Gasteiger partial charge in [0.15, 0.2) is 0 Å². The number of anilines is 1. The Labute approximate surface area is 221 Å². The fourth-order valence-electron chi connectivity index (χ4n) is 6.04. The van der Waals surface area contributed by atoms with Crippen molar-refractivity contribution in [2.45, 2.75) is 52.1 Å². The number of nitrogens with two attached hydrogens (primary N) is 1. The maximum absolute atomic E-state index is 13.4. The lowest BCUT2D eigenvalue weighted by atomic mass is 9.88. The highest BCUT2D eigenvalue weighted by molar-refractivity contribution is 5.78. The Kier molecular flexibility index (Phi) is 7.00. The first kappa shape index (κ1) is 25.3. The predicted octanol–water partition coefficient (Wildman–Crippen LogP) is 5.25. The molecule has 1 atom stereocenters. The fraction of sp³-hybridized carbons (Fsp3) is 0.406. The fourth-order valence-corrected chi connectivity index (χ4v) is 6.04. The van der Waals surface area contributed by atoms with Gasteiger partial charge in [-0.25, -0.2) is 0 Å². The second kappa shape index (κ2) is 10.2. The molecule has 1 amide bonds. The van der Waals surface area contributed by atoms with Gasteiger partial charge in [-0.2, -0.15) is 0 Å². The first-order valence-electron chi connectivity index (χ1n) is 13.4. The molecule has 1 saturated heterocycles. The summed E-state index contributed by atoms with van der Waals surface area (Å²) in [6.07, 6.45) is 1.36. The van der Waals surface area contributed by atoms with Crippen LogP contribution < -0.4 is 10.5 Å². The number of amides is 1. The average molecular weight is 498 g/mol. The van der Waals surface area contributed by atoms with E-state index < -0.39 is 0 Å². The van der Waals surface area contributed by atoms with E-state index in [0.29, 0.717) is 6.42 Å². The van der Waals surface area contributed by atoms with Crippen LogP contribution in [0.25, 0.3) is 0 Å². The van der Waals surface area contributed by atoms with Gasteiger partial charge < -0.3 is 15.4 Å². The minimum atomic E-state index is -0.282. The predicted molar refractivity (Wildman–Crippen MR) is 150 cm³/mol. The molecule has 0 aromatic heterocycles. The third kappa shape index (κ3) is 5.10. The number of nitrogens with zero attached hydrogens (tertiary/aromatic N) is 2. The molecule has 194 valence electrons. The largest absolute Gasteiger partial charge is 0.485 e. The number of carbonyl (C=O) groups is 1. The van der Waals surface area contributed by atoms with Gasteiger partial charge in [-0.15, -0.1) is 0 Å².